The van der Waals surface area contributed by atoms with E-state index in [0.29, 0.717) is 32.8 Å². The van der Waals surface area contributed by atoms with Crippen molar-refractivity contribution in [2.75, 3.05) is 18.5 Å². The number of sulfonamides is 1. The Labute approximate surface area is 186 Å². The molecule has 5 nitrogen and oxygen atoms in total. The van der Waals surface area contributed by atoms with E-state index in [9.17, 15) is 8.42 Å². The first-order chi connectivity index (χ1) is 14.3. The smallest absolute Gasteiger partial charge is 0.264 e. The second-order valence-corrected chi connectivity index (χ2v) is 9.20. The van der Waals surface area contributed by atoms with Crippen LogP contribution in [0.1, 0.15) is 18.5 Å². The van der Waals surface area contributed by atoms with Crippen LogP contribution in [0.3, 0.4) is 0 Å². The molecule has 0 saturated heterocycles. The predicted octanol–water partition coefficient (Wildman–Crippen LogP) is 5.97. The Morgan fingerprint density at radius 1 is 0.833 bits per heavy atom. The predicted molar refractivity (Wildman–Crippen MR) is 121 cm³/mol. The van der Waals surface area contributed by atoms with Gasteiger partial charge in [-0.3, -0.25) is 4.31 Å². The Balaban J connectivity index is 2.20. The molecule has 158 valence electrons. The van der Waals surface area contributed by atoms with Crippen molar-refractivity contribution in [3.63, 3.8) is 0 Å². The van der Waals surface area contributed by atoms with Crippen LogP contribution in [0.25, 0.3) is 0 Å². The number of ether oxygens (including phenoxy) is 2. The van der Waals surface area contributed by atoms with E-state index in [1.807, 2.05) is 0 Å². The molecular formula is C22H21Cl2NO4S. The second-order valence-electron chi connectivity index (χ2n) is 6.52. The summed E-state index contributed by atoms with van der Waals surface area (Å²) in [6.45, 7) is 1.79. The summed E-state index contributed by atoms with van der Waals surface area (Å²) in [6, 6.07) is 17.4. The topological polar surface area (TPSA) is 55.8 Å². The molecular weight excluding hydrogens is 445 g/mol. The Hall–Kier alpha value is -2.41. The second kappa shape index (κ2) is 9.16. The summed E-state index contributed by atoms with van der Waals surface area (Å²) in [6.07, 6.45) is 0. The van der Waals surface area contributed by atoms with E-state index in [-0.39, 0.29) is 4.90 Å². The molecule has 0 aromatic heterocycles. The lowest BCUT2D eigenvalue weighted by atomic mass is 10.1. The average Bonchev–Trinajstić information content (AvgIpc) is 2.74. The minimum atomic E-state index is -3.94. The third-order valence-electron chi connectivity index (χ3n) is 4.69. The van der Waals surface area contributed by atoms with Gasteiger partial charge in [0.15, 0.2) is 0 Å². The zero-order chi connectivity index (χ0) is 21.9. The lowest BCUT2D eigenvalue weighted by Gasteiger charge is -2.32. The van der Waals surface area contributed by atoms with Crippen LogP contribution in [-0.4, -0.2) is 22.6 Å². The van der Waals surface area contributed by atoms with E-state index >= 15 is 0 Å². The van der Waals surface area contributed by atoms with Crippen LogP contribution in [0.4, 0.5) is 5.69 Å². The summed E-state index contributed by atoms with van der Waals surface area (Å²) in [5, 5.41) is 0.962. The molecule has 0 bridgehead atoms. The van der Waals surface area contributed by atoms with Crippen molar-refractivity contribution in [3.8, 4) is 11.5 Å². The molecule has 0 radical (unpaired) electrons. The van der Waals surface area contributed by atoms with Gasteiger partial charge in [0.25, 0.3) is 10.0 Å². The fraction of sp³-hybridized carbons (Fsp3) is 0.182. The molecule has 0 heterocycles. The van der Waals surface area contributed by atoms with Crippen molar-refractivity contribution in [3.05, 3.63) is 82.3 Å². The van der Waals surface area contributed by atoms with Crippen LogP contribution < -0.4 is 13.8 Å². The van der Waals surface area contributed by atoms with E-state index in [4.69, 9.17) is 32.7 Å². The molecule has 3 aromatic carbocycles. The highest BCUT2D eigenvalue weighted by Crippen LogP contribution is 2.38. The fourth-order valence-corrected chi connectivity index (χ4v) is 5.06. The summed E-state index contributed by atoms with van der Waals surface area (Å²) in [5.74, 6) is 1.14. The zero-order valence-corrected chi connectivity index (χ0v) is 19.0. The Bertz CT molecular complexity index is 1120. The van der Waals surface area contributed by atoms with Crippen molar-refractivity contribution in [1.29, 1.82) is 0 Å². The van der Waals surface area contributed by atoms with E-state index in [2.05, 4.69) is 0 Å². The maximum Gasteiger partial charge on any atom is 0.264 e. The van der Waals surface area contributed by atoms with Crippen molar-refractivity contribution >= 4 is 38.9 Å². The molecule has 0 aliphatic heterocycles. The van der Waals surface area contributed by atoms with Crippen molar-refractivity contribution in [2.24, 2.45) is 0 Å². The molecule has 0 spiro atoms. The van der Waals surface area contributed by atoms with E-state index in [1.165, 1.54) is 16.4 Å². The molecule has 0 unspecified atom stereocenters. The number of hydrogen-bond donors (Lipinski definition) is 0. The Morgan fingerprint density at radius 2 is 1.40 bits per heavy atom. The monoisotopic (exact) mass is 465 g/mol. The summed E-state index contributed by atoms with van der Waals surface area (Å²) in [4.78, 5) is 0.121. The molecule has 0 aliphatic rings. The number of benzene rings is 3. The Morgan fingerprint density at radius 3 is 1.93 bits per heavy atom. The minimum absolute atomic E-state index is 0.121. The third kappa shape index (κ3) is 4.51. The van der Waals surface area contributed by atoms with Gasteiger partial charge < -0.3 is 9.47 Å². The van der Waals surface area contributed by atoms with Gasteiger partial charge in [-0.1, -0.05) is 23.2 Å². The maximum atomic E-state index is 13.7. The molecule has 8 heteroatoms. The van der Waals surface area contributed by atoms with Gasteiger partial charge in [0.2, 0.25) is 0 Å². The maximum absolute atomic E-state index is 13.7. The highest BCUT2D eigenvalue weighted by atomic mass is 35.5. The van der Waals surface area contributed by atoms with Gasteiger partial charge in [-0.15, -0.1) is 0 Å². The molecule has 3 aromatic rings. The number of methoxy groups -OCH3 is 2. The largest absolute Gasteiger partial charge is 0.497 e. The quantitative estimate of drug-likeness (QED) is 0.431. The lowest BCUT2D eigenvalue weighted by molar-refractivity contribution is 0.396. The first-order valence-corrected chi connectivity index (χ1v) is 11.2. The van der Waals surface area contributed by atoms with Crippen molar-refractivity contribution in [2.45, 2.75) is 17.9 Å². The number of nitrogens with zero attached hydrogens (tertiary/aromatic N) is 1. The van der Waals surface area contributed by atoms with Crippen LogP contribution in [-0.2, 0) is 10.0 Å². The minimum Gasteiger partial charge on any atom is -0.497 e. The van der Waals surface area contributed by atoms with Crippen LogP contribution in [0.2, 0.25) is 10.0 Å². The van der Waals surface area contributed by atoms with Crippen LogP contribution >= 0.6 is 23.2 Å². The van der Waals surface area contributed by atoms with Crippen LogP contribution in [0.5, 0.6) is 11.5 Å². The molecule has 3 rings (SSSR count). The fourth-order valence-electron chi connectivity index (χ4n) is 3.17. The van der Waals surface area contributed by atoms with E-state index in [1.54, 1.807) is 75.7 Å². The summed E-state index contributed by atoms with van der Waals surface area (Å²) >= 11 is 12.0. The van der Waals surface area contributed by atoms with Gasteiger partial charge in [0.05, 0.1) is 30.8 Å². The summed E-state index contributed by atoms with van der Waals surface area (Å²) in [5.41, 5.74) is 1.12. The van der Waals surface area contributed by atoms with Crippen LogP contribution in [0.15, 0.2) is 71.6 Å². The highest BCUT2D eigenvalue weighted by Gasteiger charge is 2.32. The normalized spacial score (nSPS) is 12.3. The summed E-state index contributed by atoms with van der Waals surface area (Å²) in [7, 11) is -0.847. The van der Waals surface area contributed by atoms with E-state index in [0.717, 1.165) is 0 Å². The van der Waals surface area contributed by atoms with E-state index < -0.39 is 16.1 Å². The SMILES string of the molecule is COc1ccc(OC)c([C@H](C)N(c2ccc(Cl)cc2)S(=O)(=O)c2ccc(Cl)cc2)c1. The van der Waals surface area contributed by atoms with Gasteiger partial charge in [-0.05, 0) is 73.7 Å². The number of rotatable bonds is 7. The third-order valence-corrected chi connectivity index (χ3v) is 7.11. The first-order valence-electron chi connectivity index (χ1n) is 9.05. The zero-order valence-electron chi connectivity index (χ0n) is 16.7. The van der Waals surface area contributed by atoms with Crippen molar-refractivity contribution < 1.29 is 17.9 Å². The van der Waals surface area contributed by atoms with Crippen LogP contribution in [0, 0.1) is 0 Å². The average molecular weight is 466 g/mol. The molecule has 30 heavy (non-hydrogen) atoms. The van der Waals surface area contributed by atoms with Gasteiger partial charge in [-0.25, -0.2) is 8.42 Å². The molecule has 0 amide bonds. The van der Waals surface area contributed by atoms with Gasteiger partial charge in [-0.2, -0.15) is 0 Å². The Kier molecular flexibility index (Phi) is 6.81. The summed E-state index contributed by atoms with van der Waals surface area (Å²) < 4.78 is 39.5. The van der Waals surface area contributed by atoms with Gasteiger partial charge in [0, 0.05) is 15.6 Å². The van der Waals surface area contributed by atoms with Gasteiger partial charge in [0.1, 0.15) is 11.5 Å². The highest BCUT2D eigenvalue weighted by molar-refractivity contribution is 7.92. The van der Waals surface area contributed by atoms with Crippen molar-refractivity contribution in [1.82, 2.24) is 0 Å². The lowest BCUT2D eigenvalue weighted by Crippen LogP contribution is -2.34. The molecule has 1 atom stereocenters. The first kappa shape index (κ1) is 22.3. The van der Waals surface area contributed by atoms with Gasteiger partial charge >= 0.3 is 0 Å². The number of anilines is 1. The number of halogens is 2. The molecule has 0 N–H and O–H groups in total. The number of hydrogen-bond acceptors (Lipinski definition) is 4. The molecule has 0 fully saturated rings. The standard InChI is InChI=1S/C22H21Cl2NO4S/c1-15(21-14-19(28-2)10-13-22(21)29-3)25(18-8-4-16(23)5-9-18)30(26,27)20-11-6-17(24)7-12-20/h4-15H,1-3H3/t15-/m0/s1. The molecule has 0 aliphatic carbocycles. The molecule has 0 saturated carbocycles.